The van der Waals surface area contributed by atoms with Crippen LogP contribution >= 0.6 is 27.5 Å². The van der Waals surface area contributed by atoms with Crippen molar-refractivity contribution in [1.82, 2.24) is 9.38 Å². The van der Waals surface area contributed by atoms with Crippen LogP contribution in [0.5, 0.6) is 0 Å². The van der Waals surface area contributed by atoms with Gasteiger partial charge in [0.05, 0.1) is 10.6 Å². The van der Waals surface area contributed by atoms with Crippen molar-refractivity contribution < 1.29 is 9.72 Å². The second kappa shape index (κ2) is 6.45. The summed E-state index contributed by atoms with van der Waals surface area (Å²) in [5.41, 5.74) is 2.18. The van der Waals surface area contributed by atoms with Gasteiger partial charge in [0.15, 0.2) is 0 Å². The number of hydrogen-bond acceptors (Lipinski definition) is 4. The summed E-state index contributed by atoms with van der Waals surface area (Å²) in [6.45, 7) is 3.60. The molecule has 0 saturated heterocycles. The third kappa shape index (κ3) is 3.22. The molecule has 0 spiro atoms. The number of benzene rings is 1. The minimum atomic E-state index is -0.594. The molecule has 0 aliphatic heterocycles. The van der Waals surface area contributed by atoms with Crippen LogP contribution < -0.4 is 5.32 Å². The summed E-state index contributed by atoms with van der Waals surface area (Å²) in [7, 11) is 0. The Labute approximate surface area is 155 Å². The first-order valence-electron chi connectivity index (χ1n) is 7.18. The van der Waals surface area contributed by atoms with Crippen LogP contribution in [0.1, 0.15) is 21.7 Å². The number of nitrogens with one attached hydrogen (secondary N) is 1. The van der Waals surface area contributed by atoms with Crippen molar-refractivity contribution in [2.24, 2.45) is 0 Å². The maximum Gasteiger partial charge on any atom is 0.294 e. The predicted octanol–water partition coefficient (Wildman–Crippen LogP) is 4.53. The van der Waals surface area contributed by atoms with Crippen LogP contribution in [0.15, 0.2) is 34.9 Å². The zero-order valence-corrected chi connectivity index (χ0v) is 15.6. The number of nitro groups is 1. The molecular formula is C16H12BrClN4O3. The second-order valence-corrected chi connectivity index (χ2v) is 6.81. The van der Waals surface area contributed by atoms with Crippen molar-refractivity contribution >= 4 is 50.5 Å². The molecule has 128 valence electrons. The van der Waals surface area contributed by atoms with Crippen molar-refractivity contribution in [3.8, 4) is 0 Å². The highest BCUT2D eigenvalue weighted by atomic mass is 79.9. The maximum atomic E-state index is 12.7. The van der Waals surface area contributed by atoms with Gasteiger partial charge in [0.1, 0.15) is 17.0 Å². The summed E-state index contributed by atoms with van der Waals surface area (Å²) in [6, 6.07) is 5.97. The van der Waals surface area contributed by atoms with E-state index in [1.807, 2.05) is 13.0 Å². The van der Waals surface area contributed by atoms with Crippen molar-refractivity contribution in [3.63, 3.8) is 0 Å². The van der Waals surface area contributed by atoms with Gasteiger partial charge in [-0.15, -0.1) is 0 Å². The number of amides is 1. The quantitative estimate of drug-likeness (QED) is 0.495. The molecule has 1 amide bonds. The number of hydrogen-bond donors (Lipinski definition) is 1. The van der Waals surface area contributed by atoms with Gasteiger partial charge in [-0.05, 0) is 53.5 Å². The van der Waals surface area contributed by atoms with Gasteiger partial charge in [-0.2, -0.15) is 0 Å². The molecule has 2 aromatic heterocycles. The van der Waals surface area contributed by atoms with Crippen LogP contribution in [-0.2, 0) is 0 Å². The Bertz CT molecular complexity index is 1030. The van der Waals surface area contributed by atoms with Crippen LogP contribution in [0.4, 0.5) is 11.4 Å². The smallest absolute Gasteiger partial charge is 0.294 e. The van der Waals surface area contributed by atoms with Crippen molar-refractivity contribution in [1.29, 1.82) is 0 Å². The third-order valence-electron chi connectivity index (χ3n) is 3.66. The predicted molar refractivity (Wildman–Crippen MR) is 98.4 cm³/mol. The molecule has 2 heterocycles. The summed E-state index contributed by atoms with van der Waals surface area (Å²) >= 11 is 9.20. The monoisotopic (exact) mass is 422 g/mol. The number of aromatic nitrogens is 2. The number of anilines is 1. The van der Waals surface area contributed by atoms with Crippen molar-refractivity contribution in [2.45, 2.75) is 13.8 Å². The Morgan fingerprint density at radius 1 is 1.36 bits per heavy atom. The van der Waals surface area contributed by atoms with Gasteiger partial charge in [0.2, 0.25) is 0 Å². The molecule has 0 aliphatic carbocycles. The summed E-state index contributed by atoms with van der Waals surface area (Å²) in [6.07, 6.45) is 1.73. The van der Waals surface area contributed by atoms with Gasteiger partial charge in [0, 0.05) is 21.8 Å². The van der Waals surface area contributed by atoms with Gasteiger partial charge in [-0.1, -0.05) is 11.6 Å². The van der Waals surface area contributed by atoms with Gasteiger partial charge in [-0.25, -0.2) is 4.98 Å². The third-order valence-corrected chi connectivity index (χ3v) is 4.33. The first kappa shape index (κ1) is 17.4. The number of pyridine rings is 1. The van der Waals surface area contributed by atoms with Crippen LogP contribution in [0.2, 0.25) is 5.02 Å². The topological polar surface area (TPSA) is 89.5 Å². The lowest BCUT2D eigenvalue weighted by Gasteiger charge is -2.08. The van der Waals surface area contributed by atoms with E-state index in [9.17, 15) is 14.9 Å². The molecule has 1 aromatic carbocycles. The Balaban J connectivity index is 2.07. The number of halogens is 2. The van der Waals surface area contributed by atoms with E-state index in [1.54, 1.807) is 17.5 Å². The number of imidazole rings is 1. The summed E-state index contributed by atoms with van der Waals surface area (Å²) in [5, 5.41) is 14.0. The number of nitro benzene ring substituents is 1. The molecule has 0 aliphatic rings. The zero-order valence-electron chi connectivity index (χ0n) is 13.2. The maximum absolute atomic E-state index is 12.7. The minimum absolute atomic E-state index is 0.0699. The SMILES string of the molecule is Cc1nc2c(C)cc(Br)cn2c1C(=O)Nc1ccc(Cl)cc1[N+](=O)[O-]. The molecule has 0 unspecified atom stereocenters. The fourth-order valence-electron chi connectivity index (χ4n) is 2.60. The number of carbonyl (C=O) groups is 1. The molecular weight excluding hydrogens is 412 g/mol. The zero-order chi connectivity index (χ0) is 18.3. The number of rotatable bonds is 3. The lowest BCUT2D eigenvalue weighted by atomic mass is 10.2. The average molecular weight is 424 g/mol. The second-order valence-electron chi connectivity index (χ2n) is 5.45. The Hall–Kier alpha value is -2.45. The van der Waals surface area contributed by atoms with Crippen LogP contribution in [0, 0.1) is 24.0 Å². The molecule has 0 bridgehead atoms. The van der Waals surface area contributed by atoms with Gasteiger partial charge >= 0.3 is 0 Å². The molecule has 25 heavy (non-hydrogen) atoms. The highest BCUT2D eigenvalue weighted by molar-refractivity contribution is 9.10. The van der Waals surface area contributed by atoms with E-state index >= 15 is 0 Å². The molecule has 1 N–H and O–H groups in total. The number of aryl methyl sites for hydroxylation is 2. The summed E-state index contributed by atoms with van der Waals surface area (Å²) < 4.78 is 2.45. The molecule has 7 nitrogen and oxygen atoms in total. The normalized spacial score (nSPS) is 10.9. The Morgan fingerprint density at radius 2 is 2.08 bits per heavy atom. The standard InChI is InChI=1S/C16H12BrClN4O3/c1-8-5-10(17)7-21-14(9(2)19-15(8)21)16(23)20-12-4-3-11(18)6-13(12)22(24)25/h3-7H,1-2H3,(H,20,23). The first-order chi connectivity index (χ1) is 11.8. The fraction of sp³-hybridized carbons (Fsp3) is 0.125. The molecule has 3 aromatic rings. The van der Waals surface area contributed by atoms with E-state index in [0.29, 0.717) is 17.0 Å². The molecule has 0 fully saturated rings. The van der Waals surface area contributed by atoms with E-state index in [4.69, 9.17) is 11.6 Å². The Kier molecular flexibility index (Phi) is 4.49. The molecule has 0 saturated carbocycles. The van der Waals surface area contributed by atoms with Crippen molar-refractivity contribution in [3.05, 3.63) is 67.0 Å². The van der Waals surface area contributed by atoms with Crippen LogP contribution in [0.25, 0.3) is 5.65 Å². The Morgan fingerprint density at radius 3 is 2.76 bits per heavy atom. The minimum Gasteiger partial charge on any atom is -0.315 e. The summed E-state index contributed by atoms with van der Waals surface area (Å²) in [4.78, 5) is 27.8. The van der Waals surface area contributed by atoms with Gasteiger partial charge in [0.25, 0.3) is 11.6 Å². The lowest BCUT2D eigenvalue weighted by molar-refractivity contribution is -0.383. The van der Waals surface area contributed by atoms with E-state index < -0.39 is 10.8 Å². The van der Waals surface area contributed by atoms with E-state index in [-0.39, 0.29) is 16.4 Å². The van der Waals surface area contributed by atoms with Crippen molar-refractivity contribution in [2.75, 3.05) is 5.32 Å². The average Bonchev–Trinajstić information content (AvgIpc) is 2.85. The van der Waals surface area contributed by atoms with Crippen LogP contribution in [-0.4, -0.2) is 20.2 Å². The fourth-order valence-corrected chi connectivity index (χ4v) is 3.31. The molecule has 9 heteroatoms. The van der Waals surface area contributed by atoms with E-state index in [1.165, 1.54) is 18.2 Å². The lowest BCUT2D eigenvalue weighted by Crippen LogP contribution is -2.16. The first-order valence-corrected chi connectivity index (χ1v) is 8.35. The number of carbonyl (C=O) groups excluding carboxylic acids is 1. The van der Waals surface area contributed by atoms with Gasteiger partial charge in [-0.3, -0.25) is 19.3 Å². The van der Waals surface area contributed by atoms with Gasteiger partial charge < -0.3 is 5.32 Å². The summed E-state index contributed by atoms with van der Waals surface area (Å²) in [5.74, 6) is -0.493. The molecule has 0 atom stereocenters. The number of nitrogens with zero attached hydrogens (tertiary/aromatic N) is 3. The molecule has 0 radical (unpaired) electrons. The van der Waals surface area contributed by atoms with E-state index in [2.05, 4.69) is 26.2 Å². The highest BCUT2D eigenvalue weighted by Gasteiger charge is 2.22. The number of fused-ring (bicyclic) bond motifs is 1. The highest BCUT2D eigenvalue weighted by Crippen LogP contribution is 2.29. The van der Waals surface area contributed by atoms with Crippen LogP contribution in [0.3, 0.4) is 0 Å². The largest absolute Gasteiger partial charge is 0.315 e. The molecule has 3 rings (SSSR count). The van der Waals surface area contributed by atoms with E-state index in [0.717, 1.165) is 10.0 Å².